The van der Waals surface area contributed by atoms with E-state index in [1.54, 1.807) is 0 Å². The monoisotopic (exact) mass is 287 g/mol. The van der Waals surface area contributed by atoms with Crippen molar-refractivity contribution in [3.8, 4) is 27.9 Å². The first kappa shape index (κ1) is 12.7. The van der Waals surface area contributed by atoms with Crippen LogP contribution in [0, 0.1) is 0 Å². The molecular formula is C14H13N3O2S. The molecule has 0 aliphatic rings. The summed E-state index contributed by atoms with van der Waals surface area (Å²) in [6.45, 7) is 2.52. The lowest BCUT2D eigenvalue weighted by atomic mass is 10.2. The first-order valence-corrected chi connectivity index (χ1v) is 7.06. The maximum Gasteiger partial charge on any atom is 0.270 e. The van der Waals surface area contributed by atoms with Crippen molar-refractivity contribution in [3.05, 3.63) is 35.7 Å². The number of nitrogens with two attached hydrogens (primary N) is 1. The normalized spacial score (nSPS) is 10.7. The van der Waals surface area contributed by atoms with Crippen LogP contribution in [0.3, 0.4) is 0 Å². The molecule has 0 amide bonds. The molecule has 0 saturated heterocycles. The molecule has 0 bridgehead atoms. The Labute approximate surface area is 120 Å². The van der Waals surface area contributed by atoms with E-state index in [4.69, 9.17) is 15.0 Å². The Morgan fingerprint density at radius 3 is 2.90 bits per heavy atom. The maximum absolute atomic E-state index is 5.86. The van der Waals surface area contributed by atoms with Crippen LogP contribution in [0.1, 0.15) is 6.92 Å². The molecule has 0 spiro atoms. The van der Waals surface area contributed by atoms with E-state index >= 15 is 0 Å². The molecular weight excluding hydrogens is 274 g/mol. The minimum absolute atomic E-state index is 0.429. The van der Waals surface area contributed by atoms with Crippen LogP contribution in [0.25, 0.3) is 22.2 Å². The van der Waals surface area contributed by atoms with Gasteiger partial charge in [0.2, 0.25) is 5.82 Å². The zero-order chi connectivity index (χ0) is 13.9. The fourth-order valence-corrected chi connectivity index (χ4v) is 2.59. The fourth-order valence-electron chi connectivity index (χ4n) is 1.85. The van der Waals surface area contributed by atoms with Crippen LogP contribution in [0.2, 0.25) is 0 Å². The average molecular weight is 287 g/mol. The first-order valence-electron chi connectivity index (χ1n) is 6.19. The molecule has 20 heavy (non-hydrogen) atoms. The summed E-state index contributed by atoms with van der Waals surface area (Å²) < 4.78 is 10.9. The predicted molar refractivity (Wildman–Crippen MR) is 78.6 cm³/mol. The highest BCUT2D eigenvalue weighted by Crippen LogP contribution is 2.33. The van der Waals surface area contributed by atoms with Crippen molar-refractivity contribution >= 4 is 17.0 Å². The van der Waals surface area contributed by atoms with Crippen LogP contribution in [-0.2, 0) is 0 Å². The van der Waals surface area contributed by atoms with Gasteiger partial charge in [0.1, 0.15) is 10.6 Å². The molecule has 0 aliphatic carbocycles. The summed E-state index contributed by atoms with van der Waals surface area (Å²) in [6.07, 6.45) is 0. The van der Waals surface area contributed by atoms with Crippen molar-refractivity contribution in [1.82, 2.24) is 10.1 Å². The largest absolute Gasteiger partial charge is 0.493 e. The molecule has 0 aliphatic heterocycles. The van der Waals surface area contributed by atoms with E-state index in [2.05, 4.69) is 10.1 Å². The van der Waals surface area contributed by atoms with Crippen LogP contribution in [0.5, 0.6) is 5.75 Å². The second-order valence-electron chi connectivity index (χ2n) is 4.06. The van der Waals surface area contributed by atoms with Crippen molar-refractivity contribution < 1.29 is 9.26 Å². The number of rotatable bonds is 4. The van der Waals surface area contributed by atoms with Crippen molar-refractivity contribution in [2.45, 2.75) is 6.92 Å². The molecule has 0 atom stereocenters. The predicted octanol–water partition coefficient (Wildman–Crippen LogP) is 3.45. The van der Waals surface area contributed by atoms with E-state index in [1.165, 1.54) is 11.3 Å². The molecule has 0 fully saturated rings. The van der Waals surface area contributed by atoms with Crippen LogP contribution in [0.4, 0.5) is 5.69 Å². The zero-order valence-corrected chi connectivity index (χ0v) is 11.7. The summed E-state index contributed by atoms with van der Waals surface area (Å²) in [6, 6.07) is 9.42. The fraction of sp³-hybridized carbons (Fsp3) is 0.143. The second kappa shape index (κ2) is 5.34. The topological polar surface area (TPSA) is 74.2 Å². The van der Waals surface area contributed by atoms with Gasteiger partial charge >= 0.3 is 0 Å². The molecule has 2 N–H and O–H groups in total. The number of nitrogens with zero attached hydrogens (tertiary/aromatic N) is 2. The molecule has 3 rings (SSSR count). The Kier molecular flexibility index (Phi) is 3.39. The Hall–Kier alpha value is -2.34. The van der Waals surface area contributed by atoms with Gasteiger partial charge in [-0.2, -0.15) is 4.98 Å². The van der Waals surface area contributed by atoms with E-state index < -0.39 is 0 Å². The third kappa shape index (κ3) is 2.25. The Morgan fingerprint density at radius 1 is 1.30 bits per heavy atom. The highest BCUT2D eigenvalue weighted by molar-refractivity contribution is 7.14. The first-order chi connectivity index (χ1) is 9.79. The van der Waals surface area contributed by atoms with Crippen molar-refractivity contribution in [3.63, 3.8) is 0 Å². The van der Waals surface area contributed by atoms with Crippen molar-refractivity contribution in [2.24, 2.45) is 0 Å². The number of ether oxygens (including phenoxy) is 1. The van der Waals surface area contributed by atoms with Gasteiger partial charge in [0.05, 0.1) is 17.9 Å². The lowest BCUT2D eigenvalue weighted by Gasteiger charge is -2.05. The third-order valence-corrected chi connectivity index (χ3v) is 3.66. The molecule has 2 aromatic heterocycles. The number of hydrogen-bond donors (Lipinski definition) is 1. The average Bonchev–Trinajstić information content (AvgIpc) is 3.08. The van der Waals surface area contributed by atoms with Gasteiger partial charge in [0, 0.05) is 0 Å². The number of hydrogen-bond acceptors (Lipinski definition) is 6. The summed E-state index contributed by atoms with van der Waals surface area (Å²) in [7, 11) is 0. The smallest absolute Gasteiger partial charge is 0.270 e. The van der Waals surface area contributed by atoms with Gasteiger partial charge < -0.3 is 15.0 Å². The number of thiophene rings is 1. The lowest BCUT2D eigenvalue weighted by molar-refractivity contribution is 0.341. The van der Waals surface area contributed by atoms with Crippen LogP contribution >= 0.6 is 11.3 Å². The summed E-state index contributed by atoms with van der Waals surface area (Å²) >= 11 is 1.47. The molecule has 5 nitrogen and oxygen atoms in total. The molecule has 3 aromatic rings. The highest BCUT2D eigenvalue weighted by atomic mass is 32.1. The zero-order valence-electron chi connectivity index (χ0n) is 10.9. The lowest BCUT2D eigenvalue weighted by Crippen LogP contribution is -1.94. The van der Waals surface area contributed by atoms with E-state index in [1.807, 2.05) is 42.6 Å². The minimum Gasteiger partial charge on any atom is -0.493 e. The summed E-state index contributed by atoms with van der Waals surface area (Å²) in [4.78, 5) is 5.19. The quantitative estimate of drug-likeness (QED) is 0.795. The van der Waals surface area contributed by atoms with E-state index in [0.29, 0.717) is 24.0 Å². The van der Waals surface area contributed by atoms with E-state index in [-0.39, 0.29) is 0 Å². The number of para-hydroxylation sites is 1. The molecule has 2 heterocycles. The minimum atomic E-state index is 0.429. The number of aromatic nitrogens is 2. The van der Waals surface area contributed by atoms with E-state index in [0.717, 1.165) is 16.2 Å². The third-order valence-electron chi connectivity index (χ3n) is 2.74. The van der Waals surface area contributed by atoms with Crippen molar-refractivity contribution in [2.75, 3.05) is 12.3 Å². The molecule has 0 radical (unpaired) electrons. The molecule has 0 unspecified atom stereocenters. The Morgan fingerprint density at radius 2 is 2.15 bits per heavy atom. The number of anilines is 1. The molecule has 6 heteroatoms. The molecule has 1 aromatic carbocycles. The van der Waals surface area contributed by atoms with E-state index in [9.17, 15) is 0 Å². The van der Waals surface area contributed by atoms with Gasteiger partial charge in [0.25, 0.3) is 5.89 Å². The van der Waals surface area contributed by atoms with Gasteiger partial charge in [-0.1, -0.05) is 17.3 Å². The molecule has 0 saturated carbocycles. The van der Waals surface area contributed by atoms with Gasteiger partial charge in [-0.25, -0.2) is 0 Å². The Balaban J connectivity index is 2.00. The standard InChI is InChI=1S/C14H13N3O2S/c1-2-18-11-6-4-3-5-9(11)13-16-14(19-17-13)12-10(15)7-8-20-12/h3-8H,2,15H2,1H3. The molecule has 102 valence electrons. The van der Waals surface area contributed by atoms with Crippen LogP contribution in [0.15, 0.2) is 40.2 Å². The summed E-state index contributed by atoms with van der Waals surface area (Å²) in [5.41, 5.74) is 7.30. The second-order valence-corrected chi connectivity index (χ2v) is 4.97. The maximum atomic E-state index is 5.86. The van der Waals surface area contributed by atoms with Gasteiger partial charge in [-0.05, 0) is 30.5 Å². The van der Waals surface area contributed by atoms with Gasteiger partial charge in [-0.3, -0.25) is 0 Å². The SMILES string of the molecule is CCOc1ccccc1-c1noc(-c2sccc2N)n1. The van der Waals surface area contributed by atoms with Crippen LogP contribution in [-0.4, -0.2) is 16.7 Å². The summed E-state index contributed by atoms with van der Waals surface area (Å²) in [5, 5.41) is 5.90. The van der Waals surface area contributed by atoms with Crippen LogP contribution < -0.4 is 10.5 Å². The number of nitrogen functional groups attached to an aromatic ring is 1. The highest BCUT2D eigenvalue weighted by Gasteiger charge is 2.16. The summed E-state index contributed by atoms with van der Waals surface area (Å²) in [5.74, 6) is 1.66. The van der Waals surface area contributed by atoms with Crippen molar-refractivity contribution in [1.29, 1.82) is 0 Å². The van der Waals surface area contributed by atoms with Gasteiger partial charge in [-0.15, -0.1) is 11.3 Å². The number of benzene rings is 1. The van der Waals surface area contributed by atoms with Gasteiger partial charge in [0.15, 0.2) is 0 Å². The Bertz CT molecular complexity index is 721.